The van der Waals surface area contributed by atoms with Crippen LogP contribution in [0, 0.1) is 11.8 Å². The van der Waals surface area contributed by atoms with Gasteiger partial charge in [-0.25, -0.2) is 4.79 Å². The normalized spacial score (nSPS) is 22.5. The molecule has 0 aromatic heterocycles. The Kier molecular flexibility index (Phi) is 13.3. The lowest BCUT2D eigenvalue weighted by atomic mass is 9.88. The SMILES string of the molecule is C[C@@H]1CCCCO[C@@H](CN(C)C(=O)Nc2ccccc2)[C@H](C)CN([C@H](C)CO)C(=O)c2cc(NC(=O)C3CCCCC3)ccc2O1. The zero-order valence-electron chi connectivity index (χ0n) is 27.9. The second-order valence-electron chi connectivity index (χ2n) is 13.0. The molecule has 10 heteroatoms. The van der Waals surface area contributed by atoms with Gasteiger partial charge in [-0.2, -0.15) is 0 Å². The molecule has 2 aromatic carbocycles. The number of amides is 4. The number of nitrogens with zero attached hydrogens (tertiary/aromatic N) is 2. The smallest absolute Gasteiger partial charge is 0.321 e. The van der Waals surface area contributed by atoms with Crippen LogP contribution < -0.4 is 15.4 Å². The number of para-hydroxylation sites is 1. The van der Waals surface area contributed by atoms with Gasteiger partial charge in [0.2, 0.25) is 5.91 Å². The topological polar surface area (TPSA) is 120 Å². The zero-order chi connectivity index (χ0) is 33.1. The van der Waals surface area contributed by atoms with E-state index in [-0.39, 0.29) is 55.0 Å². The maximum atomic E-state index is 14.3. The van der Waals surface area contributed by atoms with Crippen molar-refractivity contribution in [1.82, 2.24) is 9.80 Å². The number of likely N-dealkylation sites (N-methyl/N-ethyl adjacent to an activating group) is 1. The van der Waals surface area contributed by atoms with Crippen LogP contribution in [0.4, 0.5) is 16.2 Å². The number of urea groups is 1. The molecule has 0 spiro atoms. The van der Waals surface area contributed by atoms with Crippen molar-refractivity contribution in [2.75, 3.05) is 44.0 Å². The van der Waals surface area contributed by atoms with Crippen LogP contribution in [0.15, 0.2) is 48.5 Å². The second kappa shape index (κ2) is 17.3. The quantitative estimate of drug-likeness (QED) is 0.335. The number of aliphatic hydroxyl groups is 1. The minimum absolute atomic E-state index is 0.0168. The summed E-state index contributed by atoms with van der Waals surface area (Å²) in [6, 6.07) is 13.8. The number of benzene rings is 2. The van der Waals surface area contributed by atoms with Crippen molar-refractivity contribution in [2.45, 2.75) is 90.4 Å². The van der Waals surface area contributed by atoms with E-state index in [0.717, 1.165) is 51.4 Å². The standard InChI is InChI=1S/C36H52N4O6/c1-25-22-40(26(2)24-41)35(43)31-21-30(37-34(42)28-14-7-5-8-15-28)18-19-32(31)46-27(3)13-11-12-20-45-33(25)23-39(4)36(44)38-29-16-9-6-10-17-29/h6,9-10,16-19,21,25-28,33,41H,5,7-8,11-15,20,22-24H2,1-4H3,(H,37,42)(H,38,44)/t25-,26-,27-,33+/m1/s1. The van der Waals surface area contributed by atoms with Crippen molar-refractivity contribution >= 4 is 29.2 Å². The van der Waals surface area contributed by atoms with E-state index in [0.29, 0.717) is 35.8 Å². The molecule has 0 saturated heterocycles. The van der Waals surface area contributed by atoms with Gasteiger partial charge >= 0.3 is 6.03 Å². The summed E-state index contributed by atoms with van der Waals surface area (Å²) in [7, 11) is 1.73. The first-order chi connectivity index (χ1) is 22.2. The number of anilines is 2. The molecule has 2 aromatic rings. The van der Waals surface area contributed by atoms with Gasteiger partial charge in [0.15, 0.2) is 0 Å². The van der Waals surface area contributed by atoms with Crippen molar-refractivity contribution in [3.63, 3.8) is 0 Å². The monoisotopic (exact) mass is 636 g/mol. The molecule has 1 saturated carbocycles. The Morgan fingerprint density at radius 1 is 0.978 bits per heavy atom. The summed E-state index contributed by atoms with van der Waals surface area (Å²) < 4.78 is 12.7. The number of aliphatic hydroxyl groups excluding tert-OH is 1. The van der Waals surface area contributed by atoms with Crippen molar-refractivity contribution in [2.24, 2.45) is 11.8 Å². The Bertz CT molecular complexity index is 1280. The summed E-state index contributed by atoms with van der Waals surface area (Å²) in [5.41, 5.74) is 1.60. The second-order valence-corrected chi connectivity index (χ2v) is 13.0. The van der Waals surface area contributed by atoms with E-state index in [1.54, 1.807) is 42.0 Å². The first kappa shape index (κ1) is 35.2. The largest absolute Gasteiger partial charge is 0.490 e. The van der Waals surface area contributed by atoms with Crippen molar-refractivity contribution in [3.8, 4) is 5.75 Å². The fraction of sp³-hybridized carbons (Fsp3) is 0.583. The molecule has 46 heavy (non-hydrogen) atoms. The summed E-state index contributed by atoms with van der Waals surface area (Å²) in [5, 5.41) is 16.2. The molecule has 1 fully saturated rings. The third kappa shape index (κ3) is 9.93. The van der Waals surface area contributed by atoms with Crippen LogP contribution in [0.5, 0.6) is 5.75 Å². The van der Waals surface area contributed by atoms with Gasteiger partial charge in [0.05, 0.1) is 30.4 Å². The molecular formula is C36H52N4O6. The van der Waals surface area contributed by atoms with E-state index in [4.69, 9.17) is 9.47 Å². The van der Waals surface area contributed by atoms with Gasteiger partial charge in [-0.15, -0.1) is 0 Å². The van der Waals surface area contributed by atoms with Gasteiger partial charge in [0.1, 0.15) is 5.75 Å². The average Bonchev–Trinajstić information content (AvgIpc) is 3.06. The van der Waals surface area contributed by atoms with E-state index in [1.807, 2.05) is 44.2 Å². The molecule has 252 valence electrons. The Morgan fingerprint density at radius 3 is 2.41 bits per heavy atom. The molecule has 1 heterocycles. The van der Waals surface area contributed by atoms with Crippen LogP contribution in [0.3, 0.4) is 0 Å². The number of rotatable bonds is 7. The number of carbonyl (C=O) groups is 3. The van der Waals surface area contributed by atoms with E-state index in [2.05, 4.69) is 10.6 Å². The van der Waals surface area contributed by atoms with E-state index < -0.39 is 6.04 Å². The summed E-state index contributed by atoms with van der Waals surface area (Å²) >= 11 is 0. The Labute approximate surface area is 273 Å². The highest BCUT2D eigenvalue weighted by molar-refractivity contribution is 6.00. The van der Waals surface area contributed by atoms with Crippen molar-refractivity contribution in [3.05, 3.63) is 54.1 Å². The molecule has 4 amide bonds. The average molecular weight is 637 g/mol. The highest BCUT2D eigenvalue weighted by Gasteiger charge is 2.31. The third-order valence-corrected chi connectivity index (χ3v) is 9.12. The molecule has 2 aliphatic rings. The number of nitrogens with one attached hydrogen (secondary N) is 2. The number of fused-ring (bicyclic) bond motifs is 1. The van der Waals surface area contributed by atoms with Gasteiger partial charge in [-0.05, 0) is 76.3 Å². The zero-order valence-corrected chi connectivity index (χ0v) is 27.9. The van der Waals surface area contributed by atoms with Gasteiger partial charge in [0, 0.05) is 50.0 Å². The van der Waals surface area contributed by atoms with Gasteiger partial charge in [-0.3, -0.25) is 9.59 Å². The molecule has 0 bridgehead atoms. The number of hydrogen-bond donors (Lipinski definition) is 3. The van der Waals surface area contributed by atoms with Crippen LogP contribution in [-0.2, 0) is 9.53 Å². The highest BCUT2D eigenvalue weighted by Crippen LogP contribution is 2.30. The lowest BCUT2D eigenvalue weighted by Gasteiger charge is -2.35. The van der Waals surface area contributed by atoms with Crippen LogP contribution in [0.25, 0.3) is 0 Å². The maximum Gasteiger partial charge on any atom is 0.321 e. The number of hydrogen-bond acceptors (Lipinski definition) is 6. The molecule has 10 nitrogen and oxygen atoms in total. The third-order valence-electron chi connectivity index (χ3n) is 9.12. The summed E-state index contributed by atoms with van der Waals surface area (Å²) in [6.07, 6.45) is 6.98. The molecule has 4 atom stereocenters. The molecule has 1 aliphatic heterocycles. The van der Waals surface area contributed by atoms with E-state index in [9.17, 15) is 19.5 Å². The maximum absolute atomic E-state index is 14.3. The summed E-state index contributed by atoms with van der Waals surface area (Å²) in [5.74, 6) is -0.0540. The van der Waals surface area contributed by atoms with Crippen LogP contribution in [-0.4, -0.2) is 84.4 Å². The Balaban J connectivity index is 1.58. The van der Waals surface area contributed by atoms with E-state index >= 15 is 0 Å². The summed E-state index contributed by atoms with van der Waals surface area (Å²) in [4.78, 5) is 43.7. The van der Waals surface area contributed by atoms with Gasteiger partial charge in [-0.1, -0.05) is 44.4 Å². The minimum Gasteiger partial charge on any atom is -0.490 e. The van der Waals surface area contributed by atoms with Crippen molar-refractivity contribution < 1.29 is 29.0 Å². The number of carbonyl (C=O) groups excluding carboxylic acids is 3. The molecule has 0 unspecified atom stereocenters. The molecular weight excluding hydrogens is 584 g/mol. The van der Waals surface area contributed by atoms with Gasteiger partial charge in [0.25, 0.3) is 5.91 Å². The number of ether oxygens (including phenoxy) is 2. The van der Waals surface area contributed by atoms with Crippen molar-refractivity contribution in [1.29, 1.82) is 0 Å². The molecule has 1 aliphatic carbocycles. The highest BCUT2D eigenvalue weighted by atomic mass is 16.5. The van der Waals surface area contributed by atoms with Crippen LogP contribution in [0.1, 0.15) is 82.5 Å². The molecule has 4 rings (SSSR count). The first-order valence-electron chi connectivity index (χ1n) is 16.9. The fourth-order valence-electron chi connectivity index (χ4n) is 6.17. The molecule has 0 radical (unpaired) electrons. The fourth-order valence-corrected chi connectivity index (χ4v) is 6.17. The lowest BCUT2D eigenvalue weighted by Crippen LogP contribution is -2.48. The minimum atomic E-state index is -0.492. The van der Waals surface area contributed by atoms with E-state index in [1.165, 1.54) is 0 Å². The van der Waals surface area contributed by atoms with Gasteiger partial charge < -0.3 is 35.0 Å². The first-order valence-corrected chi connectivity index (χ1v) is 16.9. The van der Waals surface area contributed by atoms with Crippen LogP contribution >= 0.6 is 0 Å². The summed E-state index contributed by atoms with van der Waals surface area (Å²) in [6.45, 7) is 6.69. The predicted octanol–water partition coefficient (Wildman–Crippen LogP) is 6.16. The lowest BCUT2D eigenvalue weighted by molar-refractivity contribution is -0.120. The molecule has 3 N–H and O–H groups in total. The van der Waals surface area contributed by atoms with Crippen LogP contribution in [0.2, 0.25) is 0 Å². The Morgan fingerprint density at radius 2 is 1.70 bits per heavy atom. The Hall–Kier alpha value is -3.63. The predicted molar refractivity (Wildman–Crippen MR) is 180 cm³/mol.